The molecule has 2 aromatic rings. The zero-order chi connectivity index (χ0) is 12.6. The number of aromatic nitrogens is 1. The number of benzene rings is 1. The summed E-state index contributed by atoms with van der Waals surface area (Å²) in [6, 6.07) is 4.92. The van der Waals surface area contributed by atoms with Gasteiger partial charge in [-0.25, -0.2) is 4.39 Å². The molecule has 0 saturated carbocycles. The fourth-order valence-corrected chi connectivity index (χ4v) is 2.19. The van der Waals surface area contributed by atoms with Gasteiger partial charge in [0, 0.05) is 24.5 Å². The summed E-state index contributed by atoms with van der Waals surface area (Å²) in [7, 11) is 1.86. The van der Waals surface area contributed by atoms with E-state index in [-0.39, 0.29) is 12.2 Å². The van der Waals surface area contributed by atoms with Gasteiger partial charge < -0.3 is 9.67 Å². The van der Waals surface area contributed by atoms with Gasteiger partial charge in [-0.3, -0.25) is 4.79 Å². The van der Waals surface area contributed by atoms with Crippen LogP contribution in [-0.2, 0) is 18.3 Å². The van der Waals surface area contributed by atoms with Crippen LogP contribution >= 0.6 is 0 Å². The number of carboxylic acid groups (broad SMARTS) is 1. The van der Waals surface area contributed by atoms with Crippen LogP contribution in [0.25, 0.3) is 10.9 Å². The Hall–Kier alpha value is -1.84. The number of hydrogen-bond acceptors (Lipinski definition) is 1. The quantitative estimate of drug-likeness (QED) is 0.888. The predicted octanol–water partition coefficient (Wildman–Crippen LogP) is 2.64. The summed E-state index contributed by atoms with van der Waals surface area (Å²) in [6.45, 7) is 1.89. The summed E-state index contributed by atoms with van der Waals surface area (Å²) >= 11 is 0. The summed E-state index contributed by atoms with van der Waals surface area (Å²) in [6.07, 6.45) is 0.383. The molecule has 0 aliphatic heterocycles. The average Bonchev–Trinajstić information content (AvgIpc) is 2.52. The molecule has 4 heteroatoms. The second-order valence-electron chi connectivity index (χ2n) is 4.15. The molecule has 0 aliphatic rings. The van der Waals surface area contributed by atoms with E-state index in [1.807, 2.05) is 24.6 Å². The molecule has 1 N–H and O–H groups in total. The topological polar surface area (TPSA) is 42.2 Å². The lowest BCUT2D eigenvalue weighted by Crippen LogP contribution is -1.99. The standard InChI is InChI=1S/C13H14FNO2/c1-8-9(6-7-12(16)17)13-10(14)4-3-5-11(13)15(8)2/h3-5H,6-7H2,1-2H3,(H,16,17). The number of carbonyl (C=O) groups is 1. The zero-order valence-electron chi connectivity index (χ0n) is 9.83. The van der Waals surface area contributed by atoms with Crippen LogP contribution < -0.4 is 0 Å². The van der Waals surface area contributed by atoms with Gasteiger partial charge in [0.05, 0.1) is 5.52 Å². The fraction of sp³-hybridized carbons (Fsp3) is 0.308. The number of rotatable bonds is 3. The first-order valence-electron chi connectivity index (χ1n) is 5.46. The van der Waals surface area contributed by atoms with Crippen molar-refractivity contribution in [2.24, 2.45) is 7.05 Å². The molecular formula is C13H14FNO2. The van der Waals surface area contributed by atoms with E-state index in [0.29, 0.717) is 11.8 Å². The zero-order valence-corrected chi connectivity index (χ0v) is 9.83. The molecule has 0 fully saturated rings. The molecule has 90 valence electrons. The van der Waals surface area contributed by atoms with Gasteiger partial charge in [-0.15, -0.1) is 0 Å². The Morgan fingerprint density at radius 3 is 2.82 bits per heavy atom. The van der Waals surface area contributed by atoms with Crippen molar-refractivity contribution in [1.82, 2.24) is 4.57 Å². The maximum Gasteiger partial charge on any atom is 0.303 e. The molecule has 0 bridgehead atoms. The number of halogens is 1. The highest BCUT2D eigenvalue weighted by atomic mass is 19.1. The van der Waals surface area contributed by atoms with E-state index in [9.17, 15) is 9.18 Å². The number of hydrogen-bond donors (Lipinski definition) is 1. The largest absolute Gasteiger partial charge is 0.481 e. The molecule has 0 amide bonds. The van der Waals surface area contributed by atoms with Gasteiger partial charge in [-0.2, -0.15) is 0 Å². The Morgan fingerprint density at radius 2 is 2.18 bits per heavy atom. The third-order valence-electron chi connectivity index (χ3n) is 3.18. The van der Waals surface area contributed by atoms with Gasteiger partial charge in [-0.05, 0) is 31.0 Å². The fourth-order valence-electron chi connectivity index (χ4n) is 2.19. The normalized spacial score (nSPS) is 11.0. The van der Waals surface area contributed by atoms with Crippen molar-refractivity contribution in [2.75, 3.05) is 0 Å². The third-order valence-corrected chi connectivity index (χ3v) is 3.18. The molecule has 0 spiro atoms. The van der Waals surface area contributed by atoms with Crippen LogP contribution in [-0.4, -0.2) is 15.6 Å². The van der Waals surface area contributed by atoms with Crippen molar-refractivity contribution in [1.29, 1.82) is 0 Å². The van der Waals surface area contributed by atoms with Crippen LogP contribution in [0.15, 0.2) is 18.2 Å². The lowest BCUT2D eigenvalue weighted by molar-refractivity contribution is -0.136. The maximum absolute atomic E-state index is 13.8. The van der Waals surface area contributed by atoms with Crippen molar-refractivity contribution >= 4 is 16.9 Å². The SMILES string of the molecule is Cc1c(CCC(=O)O)c2c(F)cccc2n1C. The molecule has 17 heavy (non-hydrogen) atoms. The number of fused-ring (bicyclic) bond motifs is 1. The number of aliphatic carboxylic acids is 1. The first kappa shape index (κ1) is 11.6. The van der Waals surface area contributed by atoms with Crippen LogP contribution in [0.4, 0.5) is 4.39 Å². The van der Waals surface area contributed by atoms with E-state index < -0.39 is 5.97 Å². The molecular weight excluding hydrogens is 221 g/mol. The summed E-state index contributed by atoms with van der Waals surface area (Å²) < 4.78 is 15.7. The molecule has 0 radical (unpaired) electrons. The first-order valence-corrected chi connectivity index (χ1v) is 5.46. The molecule has 1 aromatic carbocycles. The van der Waals surface area contributed by atoms with E-state index in [2.05, 4.69) is 0 Å². The summed E-state index contributed by atoms with van der Waals surface area (Å²) in [5.41, 5.74) is 2.53. The van der Waals surface area contributed by atoms with Crippen molar-refractivity contribution in [3.63, 3.8) is 0 Å². The number of nitrogens with zero attached hydrogens (tertiary/aromatic N) is 1. The van der Waals surface area contributed by atoms with Crippen LogP contribution in [0.2, 0.25) is 0 Å². The highest BCUT2D eigenvalue weighted by molar-refractivity contribution is 5.86. The van der Waals surface area contributed by atoms with Gasteiger partial charge in [-0.1, -0.05) is 6.07 Å². The van der Waals surface area contributed by atoms with E-state index in [4.69, 9.17) is 5.11 Å². The first-order chi connectivity index (χ1) is 8.02. The predicted molar refractivity (Wildman–Crippen MR) is 63.6 cm³/mol. The number of aryl methyl sites for hydroxylation is 2. The molecule has 1 aromatic heterocycles. The van der Waals surface area contributed by atoms with E-state index >= 15 is 0 Å². The molecule has 1 heterocycles. The van der Waals surface area contributed by atoms with Crippen molar-refractivity contribution in [3.8, 4) is 0 Å². The number of carboxylic acids is 1. The van der Waals surface area contributed by atoms with Crippen LogP contribution in [0.1, 0.15) is 17.7 Å². The maximum atomic E-state index is 13.8. The Balaban J connectivity index is 2.60. The second kappa shape index (κ2) is 4.20. The van der Waals surface area contributed by atoms with E-state index in [1.54, 1.807) is 6.07 Å². The Bertz CT molecular complexity index is 587. The average molecular weight is 235 g/mol. The summed E-state index contributed by atoms with van der Waals surface area (Å²) in [5, 5.41) is 9.26. The monoisotopic (exact) mass is 235 g/mol. The third kappa shape index (κ3) is 1.90. The van der Waals surface area contributed by atoms with E-state index in [1.165, 1.54) is 6.07 Å². The lowest BCUT2D eigenvalue weighted by atomic mass is 10.1. The lowest BCUT2D eigenvalue weighted by Gasteiger charge is -2.00. The Morgan fingerprint density at radius 1 is 1.47 bits per heavy atom. The highest BCUT2D eigenvalue weighted by Gasteiger charge is 2.15. The smallest absolute Gasteiger partial charge is 0.303 e. The van der Waals surface area contributed by atoms with Gasteiger partial charge >= 0.3 is 5.97 Å². The van der Waals surface area contributed by atoms with Crippen molar-refractivity contribution in [2.45, 2.75) is 19.8 Å². The van der Waals surface area contributed by atoms with Gasteiger partial charge in [0.1, 0.15) is 5.82 Å². The Labute approximate surface area is 98.5 Å². The van der Waals surface area contributed by atoms with Crippen LogP contribution in [0.3, 0.4) is 0 Å². The molecule has 0 saturated heterocycles. The van der Waals surface area contributed by atoms with E-state index in [0.717, 1.165) is 16.8 Å². The van der Waals surface area contributed by atoms with Gasteiger partial charge in [0.2, 0.25) is 0 Å². The molecule has 0 unspecified atom stereocenters. The molecule has 0 atom stereocenters. The van der Waals surface area contributed by atoms with Crippen molar-refractivity contribution in [3.05, 3.63) is 35.3 Å². The summed E-state index contributed by atoms with van der Waals surface area (Å²) in [4.78, 5) is 10.6. The molecule has 3 nitrogen and oxygen atoms in total. The molecule has 2 rings (SSSR count). The minimum atomic E-state index is -0.863. The minimum Gasteiger partial charge on any atom is -0.481 e. The Kier molecular flexibility index (Phi) is 2.88. The van der Waals surface area contributed by atoms with Gasteiger partial charge in [0.25, 0.3) is 0 Å². The minimum absolute atomic E-state index is 0.0221. The highest BCUT2D eigenvalue weighted by Crippen LogP contribution is 2.28. The second-order valence-corrected chi connectivity index (χ2v) is 4.15. The summed E-state index contributed by atoms with van der Waals surface area (Å²) in [5.74, 6) is -1.15. The van der Waals surface area contributed by atoms with Crippen molar-refractivity contribution < 1.29 is 14.3 Å². The van der Waals surface area contributed by atoms with Crippen LogP contribution in [0.5, 0.6) is 0 Å². The van der Waals surface area contributed by atoms with Crippen LogP contribution in [0, 0.1) is 12.7 Å². The molecule has 0 aliphatic carbocycles. The van der Waals surface area contributed by atoms with Gasteiger partial charge in [0.15, 0.2) is 0 Å².